The molecule has 0 atom stereocenters. The second kappa shape index (κ2) is 2.62. The van der Waals surface area contributed by atoms with Crippen molar-refractivity contribution in [3.63, 3.8) is 0 Å². The Morgan fingerprint density at radius 3 is 2.62 bits per heavy atom. The Hall–Kier alpha value is -1.78. The zero-order valence-corrected chi connectivity index (χ0v) is 7.60. The lowest BCUT2D eigenvalue weighted by molar-refractivity contribution is 0.729. The molecule has 0 fully saturated rings. The monoisotopic (exact) mass is 177 g/mol. The summed E-state index contributed by atoms with van der Waals surface area (Å²) in [6, 6.07) is 1.91. The molecule has 2 N–H and O–H groups in total. The van der Waals surface area contributed by atoms with E-state index in [-0.39, 0.29) is 0 Å². The minimum absolute atomic E-state index is 0.630. The van der Waals surface area contributed by atoms with Crippen LogP contribution in [0, 0.1) is 6.92 Å². The van der Waals surface area contributed by atoms with Gasteiger partial charge < -0.3 is 5.73 Å². The molecule has 0 saturated heterocycles. The van der Waals surface area contributed by atoms with E-state index < -0.39 is 0 Å². The topological polar surface area (TPSA) is 61.7 Å². The van der Waals surface area contributed by atoms with E-state index in [4.69, 9.17) is 5.73 Å². The molecule has 0 saturated carbocycles. The highest BCUT2D eigenvalue weighted by atomic mass is 15.4. The fourth-order valence-corrected chi connectivity index (χ4v) is 1.21. The van der Waals surface area contributed by atoms with Crippen LogP contribution in [0.1, 0.15) is 5.69 Å². The van der Waals surface area contributed by atoms with Gasteiger partial charge >= 0.3 is 0 Å². The number of rotatable bonds is 1. The molecule has 0 bridgehead atoms. The summed E-state index contributed by atoms with van der Waals surface area (Å²) in [5, 5.41) is 8.40. The van der Waals surface area contributed by atoms with E-state index in [1.165, 1.54) is 0 Å². The van der Waals surface area contributed by atoms with Crippen LogP contribution in [0.15, 0.2) is 18.5 Å². The largest absolute Gasteiger partial charge is 0.394 e. The van der Waals surface area contributed by atoms with E-state index in [0.717, 1.165) is 5.69 Å². The maximum absolute atomic E-state index is 5.74. The Morgan fingerprint density at radius 2 is 2.15 bits per heavy atom. The Kier molecular flexibility index (Phi) is 1.58. The zero-order valence-electron chi connectivity index (χ0n) is 7.60. The Bertz CT molecular complexity index is 425. The van der Waals surface area contributed by atoms with E-state index >= 15 is 0 Å². The maximum atomic E-state index is 5.74. The van der Waals surface area contributed by atoms with Gasteiger partial charge in [0.05, 0.1) is 11.4 Å². The van der Waals surface area contributed by atoms with E-state index in [9.17, 15) is 0 Å². The van der Waals surface area contributed by atoms with Gasteiger partial charge in [-0.05, 0) is 13.0 Å². The SMILES string of the molecule is Cc1ccn(-c2nn(C)cc2N)n1. The number of nitrogen functional groups attached to an aromatic ring is 1. The van der Waals surface area contributed by atoms with Crippen molar-refractivity contribution < 1.29 is 0 Å². The molecule has 13 heavy (non-hydrogen) atoms. The first kappa shape index (κ1) is 7.85. The van der Waals surface area contributed by atoms with E-state index in [1.807, 2.05) is 26.2 Å². The predicted octanol–water partition coefficient (Wildman–Crippen LogP) is 0.496. The van der Waals surface area contributed by atoms with Crippen molar-refractivity contribution in [1.82, 2.24) is 19.6 Å². The van der Waals surface area contributed by atoms with Crippen molar-refractivity contribution in [2.45, 2.75) is 6.92 Å². The van der Waals surface area contributed by atoms with Crippen LogP contribution in [0.5, 0.6) is 0 Å². The second-order valence-electron chi connectivity index (χ2n) is 2.98. The summed E-state index contributed by atoms with van der Waals surface area (Å²) < 4.78 is 3.34. The molecule has 0 unspecified atom stereocenters. The zero-order chi connectivity index (χ0) is 9.42. The number of hydrogen-bond donors (Lipinski definition) is 1. The van der Waals surface area contributed by atoms with Gasteiger partial charge in [-0.3, -0.25) is 4.68 Å². The van der Waals surface area contributed by atoms with E-state index in [0.29, 0.717) is 11.5 Å². The van der Waals surface area contributed by atoms with Gasteiger partial charge in [0.25, 0.3) is 0 Å². The quantitative estimate of drug-likeness (QED) is 0.689. The number of hydrogen-bond acceptors (Lipinski definition) is 3. The normalized spacial score (nSPS) is 10.6. The molecule has 0 aliphatic carbocycles. The lowest BCUT2D eigenvalue weighted by Gasteiger charge is -1.95. The van der Waals surface area contributed by atoms with Crippen molar-refractivity contribution in [3.8, 4) is 5.82 Å². The third-order valence-electron chi connectivity index (χ3n) is 1.78. The smallest absolute Gasteiger partial charge is 0.198 e. The average Bonchev–Trinajstić information content (AvgIpc) is 2.58. The third kappa shape index (κ3) is 1.28. The highest BCUT2D eigenvalue weighted by molar-refractivity contribution is 5.50. The first-order chi connectivity index (χ1) is 6.16. The van der Waals surface area contributed by atoms with Gasteiger partial charge in [0.15, 0.2) is 5.82 Å². The standard InChI is InChI=1S/C8H11N5/c1-6-3-4-13(10-6)8-7(9)5-12(2)11-8/h3-5H,9H2,1-2H3. The summed E-state index contributed by atoms with van der Waals surface area (Å²) in [5.41, 5.74) is 7.32. The Morgan fingerprint density at radius 1 is 1.38 bits per heavy atom. The van der Waals surface area contributed by atoms with Gasteiger partial charge in [-0.1, -0.05) is 0 Å². The summed E-state index contributed by atoms with van der Waals surface area (Å²) in [5.74, 6) is 0.676. The molecule has 5 heteroatoms. The maximum Gasteiger partial charge on any atom is 0.198 e. The van der Waals surface area contributed by atoms with Crippen molar-refractivity contribution in [3.05, 3.63) is 24.2 Å². The minimum Gasteiger partial charge on any atom is -0.394 e. The lowest BCUT2D eigenvalue weighted by Crippen LogP contribution is -2.00. The molecule has 2 aromatic rings. The van der Waals surface area contributed by atoms with Gasteiger partial charge in [0, 0.05) is 19.4 Å². The molecule has 0 aromatic carbocycles. The first-order valence-electron chi connectivity index (χ1n) is 3.98. The van der Waals surface area contributed by atoms with Gasteiger partial charge in [-0.2, -0.15) is 10.2 Å². The summed E-state index contributed by atoms with van der Waals surface area (Å²) in [7, 11) is 1.83. The number of aromatic nitrogens is 4. The van der Waals surface area contributed by atoms with Gasteiger partial charge in [-0.25, -0.2) is 4.68 Å². The van der Waals surface area contributed by atoms with Crippen molar-refractivity contribution in [2.75, 3.05) is 5.73 Å². The van der Waals surface area contributed by atoms with Gasteiger partial charge in [-0.15, -0.1) is 0 Å². The third-order valence-corrected chi connectivity index (χ3v) is 1.78. The first-order valence-corrected chi connectivity index (χ1v) is 3.98. The average molecular weight is 177 g/mol. The van der Waals surface area contributed by atoms with Crippen LogP contribution in [0.4, 0.5) is 5.69 Å². The van der Waals surface area contributed by atoms with E-state index in [2.05, 4.69) is 10.2 Å². The summed E-state index contributed by atoms with van der Waals surface area (Å²) in [6.45, 7) is 1.93. The van der Waals surface area contributed by atoms with Crippen LogP contribution in [0.2, 0.25) is 0 Å². The molecule has 2 heterocycles. The Balaban J connectivity index is 2.51. The van der Waals surface area contributed by atoms with Crippen LogP contribution in [-0.2, 0) is 7.05 Å². The molecule has 0 aliphatic rings. The summed E-state index contributed by atoms with van der Waals surface area (Å²) in [6.07, 6.45) is 3.60. The number of nitrogens with two attached hydrogens (primary N) is 1. The van der Waals surface area contributed by atoms with Gasteiger partial charge in [0.2, 0.25) is 0 Å². The molecular formula is C8H11N5. The molecule has 0 radical (unpaired) electrons. The molecule has 0 spiro atoms. The number of anilines is 1. The van der Waals surface area contributed by atoms with Crippen LogP contribution < -0.4 is 5.73 Å². The van der Waals surface area contributed by atoms with Crippen LogP contribution in [0.3, 0.4) is 0 Å². The molecule has 5 nitrogen and oxygen atoms in total. The van der Waals surface area contributed by atoms with E-state index in [1.54, 1.807) is 15.6 Å². The summed E-state index contributed by atoms with van der Waals surface area (Å²) in [4.78, 5) is 0. The predicted molar refractivity (Wildman–Crippen MR) is 49.5 cm³/mol. The van der Waals surface area contributed by atoms with Gasteiger partial charge in [0.1, 0.15) is 0 Å². The second-order valence-corrected chi connectivity index (χ2v) is 2.98. The molecule has 68 valence electrons. The fourth-order valence-electron chi connectivity index (χ4n) is 1.21. The molecule has 2 rings (SSSR count). The molecule has 0 aliphatic heterocycles. The molecule has 0 amide bonds. The fraction of sp³-hybridized carbons (Fsp3) is 0.250. The highest BCUT2D eigenvalue weighted by Crippen LogP contribution is 2.12. The van der Waals surface area contributed by atoms with Crippen molar-refractivity contribution >= 4 is 5.69 Å². The highest BCUT2D eigenvalue weighted by Gasteiger charge is 2.06. The molecule has 2 aromatic heterocycles. The lowest BCUT2D eigenvalue weighted by atomic mass is 10.5. The van der Waals surface area contributed by atoms with Crippen LogP contribution in [0.25, 0.3) is 5.82 Å². The van der Waals surface area contributed by atoms with Crippen LogP contribution >= 0.6 is 0 Å². The van der Waals surface area contributed by atoms with Crippen molar-refractivity contribution in [1.29, 1.82) is 0 Å². The number of nitrogens with zero attached hydrogens (tertiary/aromatic N) is 4. The minimum atomic E-state index is 0.630. The summed E-state index contributed by atoms with van der Waals surface area (Å²) >= 11 is 0. The van der Waals surface area contributed by atoms with Crippen LogP contribution in [-0.4, -0.2) is 19.6 Å². The van der Waals surface area contributed by atoms with Crippen molar-refractivity contribution in [2.24, 2.45) is 7.05 Å². The number of aryl methyl sites for hydroxylation is 2. The molecular weight excluding hydrogens is 166 g/mol. The Labute approximate surface area is 75.8 Å².